The van der Waals surface area contributed by atoms with Gasteiger partial charge < -0.3 is 15.2 Å². The maximum Gasteiger partial charge on any atom is 0.345 e. The van der Waals surface area contributed by atoms with Crippen LogP contribution in [-0.2, 0) is 20.7 Å². The Kier molecular flexibility index (Phi) is 7.99. The zero-order chi connectivity index (χ0) is 19.1. The summed E-state index contributed by atoms with van der Waals surface area (Å²) < 4.78 is 5.66. The Morgan fingerprint density at radius 3 is 2.38 bits per heavy atom. The Hall–Kier alpha value is -1.51. The quantitative estimate of drug-likeness (QED) is 0.295. The van der Waals surface area contributed by atoms with Gasteiger partial charge in [-0.15, -0.1) is 0 Å². The number of ether oxygens (including phenoxy) is 1. The second kappa shape index (κ2) is 9.99. The van der Waals surface area contributed by atoms with Crippen molar-refractivity contribution < 1.29 is 19.4 Å². The smallest absolute Gasteiger partial charge is 0.345 e. The predicted octanol–water partition coefficient (Wildman–Crippen LogP) is 5.10. The fraction of sp³-hybridized carbons (Fsp3) is 0.222. The van der Waals surface area contributed by atoms with Gasteiger partial charge in [0, 0.05) is 16.5 Å². The number of rotatable bonds is 8. The largest absolute Gasteiger partial charge is 0.479 e. The van der Waals surface area contributed by atoms with Crippen LogP contribution in [0.25, 0.3) is 0 Å². The summed E-state index contributed by atoms with van der Waals surface area (Å²) >= 11 is 14.4. The van der Waals surface area contributed by atoms with Crippen LogP contribution >= 0.6 is 45.8 Å². The topological polar surface area (TPSA) is 75.6 Å². The molecule has 0 saturated carbocycles. The van der Waals surface area contributed by atoms with Crippen LogP contribution in [-0.4, -0.2) is 27.6 Å². The summed E-state index contributed by atoms with van der Waals surface area (Å²) in [6.07, 6.45) is -0.954. The van der Waals surface area contributed by atoms with Crippen molar-refractivity contribution in [2.75, 3.05) is 9.74 Å². The zero-order valence-corrected chi connectivity index (χ0v) is 17.2. The molecule has 0 spiro atoms. The van der Waals surface area contributed by atoms with Crippen LogP contribution in [0.15, 0.2) is 42.5 Å². The summed E-state index contributed by atoms with van der Waals surface area (Å²) in [6.45, 7) is 0. The molecule has 2 rings (SSSR count). The minimum atomic E-state index is -1.15. The van der Waals surface area contributed by atoms with Gasteiger partial charge in [0.25, 0.3) is 0 Å². The standard InChI is InChI=1S/C18H16Cl2INO4/c19-12-5-3-6-13(20)17(12)22-14-7-2-1-4-11(14)10-16(23)26-15(8-9-21)18(24)25/h1-7,15,22H,8-10H2,(H,24,25). The monoisotopic (exact) mass is 507 g/mol. The van der Waals surface area contributed by atoms with Crippen molar-refractivity contribution >= 4 is 69.1 Å². The number of carbonyl (C=O) groups is 2. The van der Waals surface area contributed by atoms with E-state index in [0.717, 1.165) is 0 Å². The van der Waals surface area contributed by atoms with Crippen LogP contribution < -0.4 is 5.32 Å². The van der Waals surface area contributed by atoms with E-state index in [1.807, 2.05) is 22.6 Å². The lowest BCUT2D eigenvalue weighted by atomic mass is 10.1. The highest BCUT2D eigenvalue weighted by Crippen LogP contribution is 2.33. The number of hydrogen-bond donors (Lipinski definition) is 2. The Labute approximate surface area is 174 Å². The molecule has 0 heterocycles. The van der Waals surface area contributed by atoms with E-state index in [-0.39, 0.29) is 12.8 Å². The lowest BCUT2D eigenvalue weighted by Gasteiger charge is -2.16. The van der Waals surface area contributed by atoms with Gasteiger partial charge in [0.1, 0.15) is 0 Å². The van der Waals surface area contributed by atoms with Crippen molar-refractivity contribution in [3.05, 3.63) is 58.1 Å². The number of nitrogens with one attached hydrogen (secondary N) is 1. The molecule has 138 valence electrons. The second-order valence-electron chi connectivity index (χ2n) is 5.35. The van der Waals surface area contributed by atoms with Gasteiger partial charge in [-0.2, -0.15) is 0 Å². The summed E-state index contributed by atoms with van der Waals surface area (Å²) in [5.74, 6) is -1.76. The number of halogens is 3. The number of carboxylic acid groups (broad SMARTS) is 1. The highest BCUT2D eigenvalue weighted by Gasteiger charge is 2.22. The van der Waals surface area contributed by atoms with E-state index < -0.39 is 18.0 Å². The first kappa shape index (κ1) is 20.8. The highest BCUT2D eigenvalue weighted by atomic mass is 127. The predicted molar refractivity (Wildman–Crippen MR) is 111 cm³/mol. The minimum Gasteiger partial charge on any atom is -0.479 e. The molecule has 2 aromatic carbocycles. The number of hydrogen-bond acceptors (Lipinski definition) is 4. The average molecular weight is 508 g/mol. The second-order valence-corrected chi connectivity index (χ2v) is 7.24. The van der Waals surface area contributed by atoms with Crippen LogP contribution in [0.5, 0.6) is 0 Å². The van der Waals surface area contributed by atoms with Crippen LogP contribution in [0, 0.1) is 0 Å². The molecule has 0 aliphatic heterocycles. The maximum atomic E-state index is 12.2. The molecule has 0 radical (unpaired) electrons. The molecular formula is C18H16Cl2INO4. The number of esters is 1. The lowest BCUT2D eigenvalue weighted by Crippen LogP contribution is -2.28. The van der Waals surface area contributed by atoms with Crippen molar-refractivity contribution in [2.24, 2.45) is 0 Å². The first-order chi connectivity index (χ1) is 12.4. The minimum absolute atomic E-state index is 0.0731. The highest BCUT2D eigenvalue weighted by molar-refractivity contribution is 14.1. The van der Waals surface area contributed by atoms with E-state index in [0.29, 0.717) is 31.4 Å². The van der Waals surface area contributed by atoms with Crippen LogP contribution in [0.4, 0.5) is 11.4 Å². The van der Waals surface area contributed by atoms with Crippen LogP contribution in [0.3, 0.4) is 0 Å². The van der Waals surface area contributed by atoms with Crippen LogP contribution in [0.2, 0.25) is 10.0 Å². The van der Waals surface area contributed by atoms with Crippen molar-refractivity contribution in [3.8, 4) is 0 Å². The van der Waals surface area contributed by atoms with E-state index in [9.17, 15) is 9.59 Å². The number of benzene rings is 2. The Morgan fingerprint density at radius 1 is 1.12 bits per heavy atom. The van der Waals surface area contributed by atoms with Crippen LogP contribution in [0.1, 0.15) is 12.0 Å². The Morgan fingerprint density at radius 2 is 1.77 bits per heavy atom. The summed E-state index contributed by atoms with van der Waals surface area (Å²) in [5.41, 5.74) is 1.82. The molecule has 2 aromatic rings. The van der Waals surface area contributed by atoms with Crippen molar-refractivity contribution in [3.63, 3.8) is 0 Å². The van der Waals surface area contributed by atoms with Gasteiger partial charge in [0.15, 0.2) is 6.10 Å². The number of alkyl halides is 1. The Bertz CT molecular complexity index is 780. The molecule has 26 heavy (non-hydrogen) atoms. The van der Waals surface area contributed by atoms with Gasteiger partial charge in [-0.05, 0) is 23.8 Å². The van der Waals surface area contributed by atoms with Gasteiger partial charge in [0.05, 0.1) is 22.2 Å². The normalized spacial score (nSPS) is 11.7. The van der Waals surface area contributed by atoms with E-state index in [2.05, 4.69) is 5.32 Å². The van der Waals surface area contributed by atoms with Crippen molar-refractivity contribution in [1.82, 2.24) is 0 Å². The summed E-state index contributed by atoms with van der Waals surface area (Å²) in [7, 11) is 0. The molecule has 0 saturated heterocycles. The summed E-state index contributed by atoms with van der Waals surface area (Å²) in [5, 5.41) is 13.1. The van der Waals surface area contributed by atoms with Crippen molar-refractivity contribution in [2.45, 2.75) is 18.9 Å². The molecule has 0 aliphatic rings. The van der Waals surface area contributed by atoms with Gasteiger partial charge >= 0.3 is 11.9 Å². The molecule has 0 amide bonds. The molecule has 0 aromatic heterocycles. The van der Waals surface area contributed by atoms with Gasteiger partial charge in [0.2, 0.25) is 0 Å². The van der Waals surface area contributed by atoms with Gasteiger partial charge in [-0.25, -0.2) is 4.79 Å². The summed E-state index contributed by atoms with van der Waals surface area (Å²) in [4.78, 5) is 23.3. The maximum absolute atomic E-state index is 12.2. The zero-order valence-electron chi connectivity index (χ0n) is 13.5. The molecule has 8 heteroatoms. The number of aliphatic carboxylic acids is 1. The molecule has 1 unspecified atom stereocenters. The van der Waals surface area contributed by atoms with E-state index in [1.165, 1.54) is 0 Å². The van der Waals surface area contributed by atoms with Gasteiger partial charge in [-0.1, -0.05) is 70.1 Å². The molecular weight excluding hydrogens is 492 g/mol. The van der Waals surface area contributed by atoms with E-state index >= 15 is 0 Å². The van der Waals surface area contributed by atoms with E-state index in [4.69, 9.17) is 33.0 Å². The third-order valence-corrected chi connectivity index (χ3v) is 4.75. The lowest BCUT2D eigenvalue weighted by molar-refractivity contribution is -0.163. The number of carboxylic acids is 1. The molecule has 0 fully saturated rings. The first-order valence-corrected chi connectivity index (χ1v) is 9.97. The SMILES string of the molecule is O=C(Cc1ccccc1Nc1c(Cl)cccc1Cl)OC(CCI)C(=O)O. The molecule has 2 N–H and O–H groups in total. The molecule has 5 nitrogen and oxygen atoms in total. The van der Waals surface area contributed by atoms with Crippen molar-refractivity contribution in [1.29, 1.82) is 0 Å². The molecule has 0 bridgehead atoms. The molecule has 1 atom stereocenters. The number of para-hydroxylation sites is 2. The number of anilines is 2. The van der Waals surface area contributed by atoms with E-state index in [1.54, 1.807) is 42.5 Å². The average Bonchev–Trinajstić information content (AvgIpc) is 2.59. The third-order valence-electron chi connectivity index (χ3n) is 3.50. The fourth-order valence-electron chi connectivity index (χ4n) is 2.24. The number of carbonyl (C=O) groups excluding carboxylic acids is 1. The molecule has 0 aliphatic carbocycles. The summed E-state index contributed by atoms with van der Waals surface area (Å²) in [6, 6.07) is 12.3. The first-order valence-electron chi connectivity index (χ1n) is 7.69. The Balaban J connectivity index is 2.16. The third kappa shape index (κ3) is 5.75. The fourth-order valence-corrected chi connectivity index (χ4v) is 3.29. The van der Waals surface area contributed by atoms with Gasteiger partial charge in [-0.3, -0.25) is 4.79 Å².